The molecule has 0 radical (unpaired) electrons. The summed E-state index contributed by atoms with van der Waals surface area (Å²) in [7, 11) is -5.55. The standard InChI is InChI=1S/C36H56O13S/c1-5-9-14-22-29(37)44-26-28-33(45-30(38)23-15-10-6-2)34(46-31(39)24-16-11-7-3)35(47-32(40)25-17-12-8-4)36(49-28,50(41,42)43)48-27-20-18-13-19-21-27/h13,18-21,28,33-35H,5-12,14-17,22-26H2,1-4H3,(H,41,42,43)/t28-,33-,34+,35+,36-/m0/s1. The first-order valence-corrected chi connectivity index (χ1v) is 19.5. The van der Waals surface area contributed by atoms with Gasteiger partial charge in [-0.15, -0.1) is 0 Å². The van der Waals surface area contributed by atoms with Crippen molar-refractivity contribution in [3.8, 4) is 5.75 Å². The Bertz CT molecular complexity index is 1290. The molecule has 0 aliphatic carbocycles. The molecule has 1 aromatic rings. The third-order valence-corrected chi connectivity index (χ3v) is 9.29. The van der Waals surface area contributed by atoms with Crippen LogP contribution >= 0.6 is 0 Å². The predicted molar refractivity (Wildman–Crippen MR) is 183 cm³/mol. The highest BCUT2D eigenvalue weighted by Crippen LogP contribution is 2.41. The van der Waals surface area contributed by atoms with Gasteiger partial charge in [0, 0.05) is 25.7 Å². The van der Waals surface area contributed by atoms with Gasteiger partial charge in [-0.1, -0.05) is 97.3 Å². The van der Waals surface area contributed by atoms with Crippen molar-refractivity contribution in [2.45, 2.75) is 160 Å². The average Bonchev–Trinajstić information content (AvgIpc) is 3.07. The summed E-state index contributed by atoms with van der Waals surface area (Å²) in [5, 5.41) is -3.24. The van der Waals surface area contributed by atoms with Crippen LogP contribution < -0.4 is 4.74 Å². The Balaban J connectivity index is 2.74. The van der Waals surface area contributed by atoms with Crippen LogP contribution in [0.15, 0.2) is 30.3 Å². The number of carbonyl (C=O) groups is 4. The van der Waals surface area contributed by atoms with Crippen molar-refractivity contribution in [1.29, 1.82) is 0 Å². The van der Waals surface area contributed by atoms with Crippen molar-refractivity contribution >= 4 is 34.0 Å². The molecule has 0 spiro atoms. The Hall–Kier alpha value is -3.23. The molecule has 50 heavy (non-hydrogen) atoms. The molecule has 13 nitrogen and oxygen atoms in total. The third kappa shape index (κ3) is 13.8. The van der Waals surface area contributed by atoms with Crippen LogP contribution in [0.3, 0.4) is 0 Å². The van der Waals surface area contributed by atoms with Gasteiger partial charge >= 0.3 is 39.1 Å². The Morgan fingerprint density at radius 2 is 1.10 bits per heavy atom. The van der Waals surface area contributed by atoms with Gasteiger partial charge in [0.25, 0.3) is 0 Å². The highest BCUT2D eigenvalue weighted by Gasteiger charge is 2.69. The van der Waals surface area contributed by atoms with Crippen molar-refractivity contribution in [2.75, 3.05) is 6.61 Å². The van der Waals surface area contributed by atoms with E-state index in [1.165, 1.54) is 24.3 Å². The lowest BCUT2D eigenvalue weighted by atomic mass is 9.97. The molecule has 0 bridgehead atoms. The van der Waals surface area contributed by atoms with Crippen LogP contribution in [0.2, 0.25) is 0 Å². The second-order valence-corrected chi connectivity index (χ2v) is 14.0. The number of carbonyl (C=O) groups excluding carboxylic acids is 4. The molecule has 0 aromatic heterocycles. The number of rotatable bonds is 24. The van der Waals surface area contributed by atoms with E-state index in [2.05, 4.69) is 0 Å². The van der Waals surface area contributed by atoms with E-state index in [4.69, 9.17) is 28.4 Å². The Labute approximate surface area is 296 Å². The molecule has 284 valence electrons. The van der Waals surface area contributed by atoms with Crippen molar-refractivity contribution in [2.24, 2.45) is 0 Å². The molecule has 5 atom stereocenters. The molecule has 14 heteroatoms. The number of benzene rings is 1. The lowest BCUT2D eigenvalue weighted by Gasteiger charge is -2.48. The monoisotopic (exact) mass is 728 g/mol. The maximum Gasteiger partial charge on any atom is 0.383 e. The second-order valence-electron chi connectivity index (χ2n) is 12.5. The van der Waals surface area contributed by atoms with Crippen molar-refractivity contribution < 1.29 is 60.6 Å². The molecule has 0 saturated carbocycles. The van der Waals surface area contributed by atoms with E-state index >= 15 is 0 Å². The predicted octanol–water partition coefficient (Wildman–Crippen LogP) is 6.61. The first kappa shape index (κ1) is 42.9. The molecule has 1 aliphatic rings. The van der Waals surface area contributed by atoms with E-state index in [0.29, 0.717) is 38.5 Å². The SMILES string of the molecule is CCCCCC(=O)OC[C@@H]1O[C@](Oc2ccccc2)(S(=O)(=O)O)[C@H](OC(=O)CCCCC)[C@H](OC(=O)CCCCC)[C@H]1OC(=O)CCCCC. The highest BCUT2D eigenvalue weighted by atomic mass is 32.2. The van der Waals surface area contributed by atoms with E-state index < -0.39 is 70.1 Å². The second kappa shape index (κ2) is 22.6. The molecule has 1 heterocycles. The molecule has 1 saturated heterocycles. The molecule has 0 amide bonds. The molecular weight excluding hydrogens is 672 g/mol. The van der Waals surface area contributed by atoms with Gasteiger partial charge in [0.15, 0.2) is 12.2 Å². The van der Waals surface area contributed by atoms with Crippen LogP contribution in [0.1, 0.15) is 130 Å². The average molecular weight is 729 g/mol. The number of para-hydroxylation sites is 1. The van der Waals surface area contributed by atoms with Gasteiger partial charge < -0.3 is 28.4 Å². The fourth-order valence-corrected chi connectivity index (χ4v) is 6.33. The summed E-state index contributed by atoms with van der Waals surface area (Å²) in [4.78, 5) is 52.5. The number of unbranched alkanes of at least 4 members (excludes halogenated alkanes) is 8. The molecule has 0 unspecified atom stereocenters. The molecule has 1 fully saturated rings. The first-order chi connectivity index (χ1) is 23.9. The highest BCUT2D eigenvalue weighted by molar-refractivity contribution is 7.87. The Morgan fingerprint density at radius 1 is 0.660 bits per heavy atom. The van der Waals surface area contributed by atoms with Crippen LogP contribution in [-0.4, -0.2) is 73.0 Å². The minimum atomic E-state index is -5.55. The van der Waals surface area contributed by atoms with Gasteiger partial charge in [-0.3, -0.25) is 23.7 Å². The van der Waals surface area contributed by atoms with Gasteiger partial charge in [-0.25, -0.2) is 0 Å². The molecule has 1 N–H and O–H groups in total. The first-order valence-electron chi connectivity index (χ1n) is 18.0. The molecule has 2 rings (SSSR count). The maximum absolute atomic E-state index is 13.5. The minimum absolute atomic E-state index is 0.0313. The zero-order valence-corrected chi connectivity index (χ0v) is 30.8. The number of ether oxygens (including phenoxy) is 6. The Morgan fingerprint density at radius 3 is 1.56 bits per heavy atom. The van der Waals surface area contributed by atoms with Crippen molar-refractivity contribution in [3.63, 3.8) is 0 Å². The van der Waals surface area contributed by atoms with Crippen LogP contribution in [0.25, 0.3) is 0 Å². The smallest absolute Gasteiger partial charge is 0.383 e. The van der Waals surface area contributed by atoms with Crippen LogP contribution in [0, 0.1) is 0 Å². The topological polar surface area (TPSA) is 178 Å². The summed E-state index contributed by atoms with van der Waals surface area (Å²) in [6, 6.07) is 7.46. The summed E-state index contributed by atoms with van der Waals surface area (Å²) in [6.45, 7) is 7.14. The Kier molecular flexibility index (Phi) is 19.4. The van der Waals surface area contributed by atoms with Gasteiger partial charge in [0.05, 0.1) is 0 Å². The maximum atomic E-state index is 13.5. The minimum Gasteiger partial charge on any atom is -0.463 e. The lowest BCUT2D eigenvalue weighted by Crippen LogP contribution is -2.72. The molecule has 1 aliphatic heterocycles. The van der Waals surface area contributed by atoms with E-state index in [9.17, 15) is 32.1 Å². The zero-order chi connectivity index (χ0) is 37.0. The number of hydrogen-bond acceptors (Lipinski definition) is 12. The van der Waals surface area contributed by atoms with Crippen molar-refractivity contribution in [1.82, 2.24) is 0 Å². The summed E-state index contributed by atoms with van der Waals surface area (Å²) < 4.78 is 72.8. The summed E-state index contributed by atoms with van der Waals surface area (Å²) >= 11 is 0. The molecular formula is C36H56O13S. The number of hydrogen-bond donors (Lipinski definition) is 1. The van der Waals surface area contributed by atoms with Gasteiger partial charge in [0.1, 0.15) is 18.5 Å². The van der Waals surface area contributed by atoms with Crippen LogP contribution in [0.4, 0.5) is 0 Å². The van der Waals surface area contributed by atoms with Crippen molar-refractivity contribution in [3.05, 3.63) is 30.3 Å². The van der Waals surface area contributed by atoms with E-state index in [1.54, 1.807) is 6.07 Å². The van der Waals surface area contributed by atoms with Crippen LogP contribution in [-0.2, 0) is 53.0 Å². The lowest BCUT2D eigenvalue weighted by molar-refractivity contribution is -0.309. The van der Waals surface area contributed by atoms with Crippen LogP contribution in [0.5, 0.6) is 5.75 Å². The van der Waals surface area contributed by atoms with E-state index in [0.717, 1.165) is 38.5 Å². The fraction of sp³-hybridized carbons (Fsp3) is 0.722. The largest absolute Gasteiger partial charge is 0.463 e. The van der Waals surface area contributed by atoms with Gasteiger partial charge in [-0.05, 0) is 37.8 Å². The summed E-state index contributed by atoms with van der Waals surface area (Å²) in [5.41, 5.74) is 0. The fourth-order valence-electron chi connectivity index (χ4n) is 5.41. The third-order valence-electron chi connectivity index (χ3n) is 8.16. The van der Waals surface area contributed by atoms with Gasteiger partial charge in [0.2, 0.25) is 6.10 Å². The normalized spacial score (nSPS) is 21.9. The number of esters is 4. The van der Waals surface area contributed by atoms with E-state index in [1.807, 2.05) is 27.7 Å². The quantitative estimate of drug-likeness (QED) is 0.0521. The van der Waals surface area contributed by atoms with Gasteiger partial charge in [-0.2, -0.15) is 8.42 Å². The molecule has 1 aromatic carbocycles. The summed E-state index contributed by atoms with van der Waals surface area (Å²) in [5.74, 6) is -3.17. The summed E-state index contributed by atoms with van der Waals surface area (Å²) in [6.07, 6.45) is 0.387. The zero-order valence-electron chi connectivity index (χ0n) is 30.0. The van der Waals surface area contributed by atoms with E-state index in [-0.39, 0.29) is 31.4 Å².